The van der Waals surface area contributed by atoms with Gasteiger partial charge in [-0.05, 0) is 19.3 Å². The van der Waals surface area contributed by atoms with Crippen molar-refractivity contribution in [2.24, 2.45) is 5.73 Å². The van der Waals surface area contributed by atoms with Crippen molar-refractivity contribution in [3.63, 3.8) is 0 Å². The van der Waals surface area contributed by atoms with E-state index >= 15 is 0 Å². The Hall–Kier alpha value is -0.610. The molecule has 0 aliphatic carbocycles. The van der Waals surface area contributed by atoms with Crippen LogP contribution in [0.2, 0.25) is 0 Å². The second-order valence-corrected chi connectivity index (χ2v) is 4.09. The molecule has 4 heteroatoms. The molecule has 0 fully saturated rings. The predicted molar refractivity (Wildman–Crippen MR) is 66.2 cm³/mol. The number of methoxy groups -OCH3 is 1. The van der Waals surface area contributed by atoms with Crippen LogP contribution in [-0.2, 0) is 9.53 Å². The third-order valence-electron chi connectivity index (χ3n) is 2.56. The van der Waals surface area contributed by atoms with Crippen LogP contribution < -0.4 is 11.1 Å². The summed E-state index contributed by atoms with van der Waals surface area (Å²) in [5.41, 5.74) is 5.60. The van der Waals surface area contributed by atoms with E-state index in [-0.39, 0.29) is 11.9 Å². The van der Waals surface area contributed by atoms with Crippen LogP contribution in [0.25, 0.3) is 0 Å². The van der Waals surface area contributed by atoms with Gasteiger partial charge in [0.1, 0.15) is 0 Å². The van der Waals surface area contributed by atoms with Gasteiger partial charge in [-0.3, -0.25) is 4.79 Å². The summed E-state index contributed by atoms with van der Waals surface area (Å²) in [5, 5.41) is 2.97. The smallest absolute Gasteiger partial charge is 0.220 e. The average molecular weight is 230 g/mol. The monoisotopic (exact) mass is 230 g/mol. The Morgan fingerprint density at radius 3 is 2.69 bits per heavy atom. The number of unbranched alkanes of at least 4 members (excludes halogenated alkanes) is 2. The Bertz CT molecular complexity index is 174. The van der Waals surface area contributed by atoms with Gasteiger partial charge in [0.2, 0.25) is 5.91 Å². The van der Waals surface area contributed by atoms with Gasteiger partial charge in [-0.25, -0.2) is 0 Å². The van der Waals surface area contributed by atoms with E-state index in [2.05, 4.69) is 12.2 Å². The van der Waals surface area contributed by atoms with Crippen molar-refractivity contribution in [3.8, 4) is 0 Å². The van der Waals surface area contributed by atoms with E-state index in [1.54, 1.807) is 7.11 Å². The van der Waals surface area contributed by atoms with Crippen LogP contribution in [0, 0.1) is 0 Å². The van der Waals surface area contributed by atoms with Gasteiger partial charge in [0.05, 0.1) is 0 Å². The minimum atomic E-state index is 0.114. The molecule has 1 amide bonds. The van der Waals surface area contributed by atoms with Crippen molar-refractivity contribution in [1.29, 1.82) is 0 Å². The number of hydrogen-bond acceptors (Lipinski definition) is 3. The lowest BCUT2D eigenvalue weighted by Gasteiger charge is -2.16. The molecule has 16 heavy (non-hydrogen) atoms. The van der Waals surface area contributed by atoms with Gasteiger partial charge < -0.3 is 15.8 Å². The molecule has 3 N–H and O–H groups in total. The highest BCUT2D eigenvalue weighted by Crippen LogP contribution is 2.01. The molecule has 0 saturated heterocycles. The first-order chi connectivity index (χ1) is 7.74. The van der Waals surface area contributed by atoms with Gasteiger partial charge in [-0.2, -0.15) is 0 Å². The Morgan fingerprint density at radius 1 is 1.38 bits per heavy atom. The fourth-order valence-corrected chi connectivity index (χ4v) is 1.53. The zero-order valence-electron chi connectivity index (χ0n) is 10.6. The Labute approximate surface area is 98.9 Å². The maximum absolute atomic E-state index is 11.5. The van der Waals surface area contributed by atoms with Gasteiger partial charge in [0.25, 0.3) is 0 Å². The van der Waals surface area contributed by atoms with E-state index < -0.39 is 0 Å². The van der Waals surface area contributed by atoms with Gasteiger partial charge in [0.15, 0.2) is 0 Å². The zero-order valence-corrected chi connectivity index (χ0v) is 10.6. The van der Waals surface area contributed by atoms with Crippen molar-refractivity contribution in [3.05, 3.63) is 0 Å². The van der Waals surface area contributed by atoms with E-state index in [1.807, 2.05) is 0 Å². The normalized spacial score (nSPS) is 12.4. The first-order valence-corrected chi connectivity index (χ1v) is 6.23. The van der Waals surface area contributed by atoms with Crippen LogP contribution in [0.3, 0.4) is 0 Å². The largest absolute Gasteiger partial charge is 0.385 e. The van der Waals surface area contributed by atoms with E-state index in [0.29, 0.717) is 13.0 Å². The molecule has 0 aromatic heterocycles. The lowest BCUT2D eigenvalue weighted by atomic mass is 10.1. The van der Waals surface area contributed by atoms with E-state index in [1.165, 1.54) is 0 Å². The third kappa shape index (κ3) is 8.68. The lowest BCUT2D eigenvalue weighted by Crippen LogP contribution is -2.40. The summed E-state index contributed by atoms with van der Waals surface area (Å²) in [6.45, 7) is 3.40. The molecule has 0 heterocycles. The summed E-state index contributed by atoms with van der Waals surface area (Å²) in [4.78, 5) is 11.5. The first kappa shape index (κ1) is 15.4. The summed E-state index contributed by atoms with van der Waals surface area (Å²) in [6, 6.07) is 0.148. The number of hydrogen-bond donors (Lipinski definition) is 2. The highest BCUT2D eigenvalue weighted by Gasteiger charge is 2.09. The van der Waals surface area contributed by atoms with E-state index in [0.717, 1.165) is 38.7 Å². The molecule has 0 aliphatic rings. The van der Waals surface area contributed by atoms with Gasteiger partial charge in [-0.15, -0.1) is 0 Å². The number of nitrogens with two attached hydrogens (primary N) is 1. The molecule has 0 spiro atoms. The fourth-order valence-electron chi connectivity index (χ4n) is 1.53. The Balaban J connectivity index is 3.57. The minimum Gasteiger partial charge on any atom is -0.385 e. The standard InChI is InChI=1S/C12H26N2O2/c1-3-4-7-11(10-13)14-12(15)8-5-6-9-16-2/h11H,3-10,13H2,1-2H3,(H,14,15). The molecule has 0 radical (unpaired) electrons. The van der Waals surface area contributed by atoms with Crippen LogP contribution >= 0.6 is 0 Å². The number of carbonyl (C=O) groups is 1. The Kier molecular flexibility index (Phi) is 10.5. The highest BCUT2D eigenvalue weighted by atomic mass is 16.5. The summed E-state index contributed by atoms with van der Waals surface area (Å²) in [6.07, 6.45) is 5.63. The summed E-state index contributed by atoms with van der Waals surface area (Å²) < 4.78 is 4.93. The highest BCUT2D eigenvalue weighted by molar-refractivity contribution is 5.76. The molecule has 4 nitrogen and oxygen atoms in total. The lowest BCUT2D eigenvalue weighted by molar-refractivity contribution is -0.121. The molecule has 0 rings (SSSR count). The number of carbonyl (C=O) groups excluding carboxylic acids is 1. The molecule has 0 aromatic carbocycles. The maximum atomic E-state index is 11.5. The second kappa shape index (κ2) is 10.9. The molecule has 0 saturated carbocycles. The number of amides is 1. The first-order valence-electron chi connectivity index (χ1n) is 6.23. The van der Waals surface area contributed by atoms with Crippen LogP contribution in [0.15, 0.2) is 0 Å². The van der Waals surface area contributed by atoms with Crippen LogP contribution in [0.1, 0.15) is 45.4 Å². The minimum absolute atomic E-state index is 0.114. The molecule has 1 unspecified atom stereocenters. The van der Waals surface area contributed by atoms with Gasteiger partial charge in [-0.1, -0.05) is 19.8 Å². The van der Waals surface area contributed by atoms with Crippen molar-refractivity contribution < 1.29 is 9.53 Å². The van der Waals surface area contributed by atoms with Gasteiger partial charge in [0, 0.05) is 32.7 Å². The summed E-state index contributed by atoms with van der Waals surface area (Å²) >= 11 is 0. The maximum Gasteiger partial charge on any atom is 0.220 e. The quantitative estimate of drug-likeness (QED) is 0.558. The zero-order chi connectivity index (χ0) is 12.2. The number of rotatable bonds is 10. The van der Waals surface area contributed by atoms with Crippen LogP contribution in [0.5, 0.6) is 0 Å². The van der Waals surface area contributed by atoms with Gasteiger partial charge >= 0.3 is 0 Å². The Morgan fingerprint density at radius 2 is 2.12 bits per heavy atom. The topological polar surface area (TPSA) is 64.3 Å². The fraction of sp³-hybridized carbons (Fsp3) is 0.917. The van der Waals surface area contributed by atoms with Crippen LogP contribution in [0.4, 0.5) is 0 Å². The molecular weight excluding hydrogens is 204 g/mol. The van der Waals surface area contributed by atoms with Crippen molar-refractivity contribution in [2.45, 2.75) is 51.5 Å². The SMILES string of the molecule is CCCCC(CN)NC(=O)CCCCOC. The van der Waals surface area contributed by atoms with Crippen molar-refractivity contribution in [1.82, 2.24) is 5.32 Å². The van der Waals surface area contributed by atoms with E-state index in [4.69, 9.17) is 10.5 Å². The molecule has 0 aliphatic heterocycles. The molecule has 0 bridgehead atoms. The number of ether oxygens (including phenoxy) is 1. The van der Waals surface area contributed by atoms with E-state index in [9.17, 15) is 4.79 Å². The predicted octanol–water partition coefficient (Wildman–Crippen LogP) is 1.44. The molecule has 1 atom stereocenters. The molecule has 0 aromatic rings. The van der Waals surface area contributed by atoms with Crippen molar-refractivity contribution >= 4 is 5.91 Å². The second-order valence-electron chi connectivity index (χ2n) is 4.09. The third-order valence-corrected chi connectivity index (χ3v) is 2.56. The summed E-state index contributed by atoms with van der Waals surface area (Å²) in [7, 11) is 1.68. The van der Waals surface area contributed by atoms with Crippen LogP contribution in [-0.4, -0.2) is 32.2 Å². The average Bonchev–Trinajstić information content (AvgIpc) is 2.30. The van der Waals surface area contributed by atoms with Crippen molar-refractivity contribution in [2.75, 3.05) is 20.3 Å². The molecule has 96 valence electrons. The summed E-state index contributed by atoms with van der Waals surface area (Å²) in [5.74, 6) is 0.114. The number of nitrogens with one attached hydrogen (secondary N) is 1. The molecular formula is C12H26N2O2.